The molecule has 7 nitrogen and oxygen atoms in total. The summed E-state index contributed by atoms with van der Waals surface area (Å²) in [6.45, 7) is 10.7. The van der Waals surface area contributed by atoms with Crippen molar-refractivity contribution in [3.8, 4) is 11.5 Å². The zero-order valence-electron chi connectivity index (χ0n) is 18.9. The van der Waals surface area contributed by atoms with Crippen LogP contribution >= 0.6 is 24.0 Å². The number of methoxy groups -OCH3 is 2. The van der Waals surface area contributed by atoms with Crippen molar-refractivity contribution in [3.05, 3.63) is 59.6 Å². The minimum absolute atomic E-state index is 0. The van der Waals surface area contributed by atoms with E-state index in [2.05, 4.69) is 22.2 Å². The lowest BCUT2D eigenvalue weighted by atomic mass is 10.0. The van der Waals surface area contributed by atoms with Crippen molar-refractivity contribution in [2.75, 3.05) is 27.3 Å². The standard InChI is InChI=1S/C23H33N3O4.HI/c1-7-9-18-12-17(13-19(28-5)21(18)29-6)14-25-22(24-8-2)26-15-23(4,27)20-11-10-16(3)30-20;/h7,10-13,27H,1,8-9,14-15H2,2-6H3,(H2,24,25,26);1H. The van der Waals surface area contributed by atoms with Gasteiger partial charge >= 0.3 is 0 Å². The highest BCUT2D eigenvalue weighted by molar-refractivity contribution is 14.0. The van der Waals surface area contributed by atoms with E-state index in [1.54, 1.807) is 27.2 Å². The predicted molar refractivity (Wildman–Crippen MR) is 135 cm³/mol. The number of allylic oxidation sites excluding steroid dienone is 1. The van der Waals surface area contributed by atoms with E-state index in [1.165, 1.54) is 0 Å². The third-order valence-electron chi connectivity index (χ3n) is 4.62. The number of rotatable bonds is 10. The molecule has 0 saturated heterocycles. The summed E-state index contributed by atoms with van der Waals surface area (Å²) < 4.78 is 16.5. The second-order valence-corrected chi connectivity index (χ2v) is 7.22. The number of hydrogen-bond donors (Lipinski definition) is 3. The summed E-state index contributed by atoms with van der Waals surface area (Å²) >= 11 is 0. The molecule has 1 atom stereocenters. The highest BCUT2D eigenvalue weighted by atomic mass is 127. The van der Waals surface area contributed by atoms with E-state index in [0.29, 0.717) is 42.7 Å². The van der Waals surface area contributed by atoms with E-state index in [-0.39, 0.29) is 30.5 Å². The van der Waals surface area contributed by atoms with Gasteiger partial charge in [0, 0.05) is 12.1 Å². The Balaban J connectivity index is 0.00000480. The van der Waals surface area contributed by atoms with Crippen LogP contribution in [-0.4, -0.2) is 38.4 Å². The normalized spacial score (nSPS) is 13.0. The average molecular weight is 543 g/mol. The van der Waals surface area contributed by atoms with Gasteiger partial charge in [0.05, 0.1) is 27.3 Å². The first-order valence-corrected chi connectivity index (χ1v) is 10.0. The first-order valence-electron chi connectivity index (χ1n) is 10.0. The highest BCUT2D eigenvalue weighted by Gasteiger charge is 2.27. The molecule has 0 fully saturated rings. The van der Waals surface area contributed by atoms with E-state index in [1.807, 2.05) is 38.1 Å². The van der Waals surface area contributed by atoms with Gasteiger partial charge in [-0.3, -0.25) is 0 Å². The summed E-state index contributed by atoms with van der Waals surface area (Å²) in [7, 11) is 3.24. The largest absolute Gasteiger partial charge is 0.493 e. The maximum absolute atomic E-state index is 10.7. The van der Waals surface area contributed by atoms with Gasteiger partial charge in [-0.2, -0.15) is 0 Å². The summed E-state index contributed by atoms with van der Waals surface area (Å²) in [6.07, 6.45) is 2.50. The van der Waals surface area contributed by atoms with Gasteiger partial charge in [-0.25, -0.2) is 4.99 Å². The number of nitrogens with zero attached hydrogens (tertiary/aromatic N) is 1. The van der Waals surface area contributed by atoms with Crippen molar-refractivity contribution < 1.29 is 19.0 Å². The van der Waals surface area contributed by atoms with Crippen LogP contribution in [0.15, 0.2) is 46.3 Å². The number of benzene rings is 1. The van der Waals surface area contributed by atoms with E-state index in [9.17, 15) is 5.11 Å². The summed E-state index contributed by atoms with van der Waals surface area (Å²) in [5, 5.41) is 17.1. The molecule has 0 amide bonds. The van der Waals surface area contributed by atoms with Crippen LogP contribution in [0, 0.1) is 6.92 Å². The number of hydrogen-bond acceptors (Lipinski definition) is 5. The Bertz CT molecular complexity index is 878. The van der Waals surface area contributed by atoms with Crippen LogP contribution in [0.3, 0.4) is 0 Å². The molecule has 2 aromatic rings. The van der Waals surface area contributed by atoms with Gasteiger partial charge < -0.3 is 29.6 Å². The van der Waals surface area contributed by atoms with Gasteiger partial charge in [0.25, 0.3) is 0 Å². The van der Waals surface area contributed by atoms with E-state index >= 15 is 0 Å². The van der Waals surface area contributed by atoms with Crippen LogP contribution in [0.25, 0.3) is 0 Å². The number of aryl methyl sites for hydroxylation is 1. The van der Waals surface area contributed by atoms with Crippen LogP contribution in [-0.2, 0) is 18.6 Å². The molecule has 0 bridgehead atoms. The van der Waals surface area contributed by atoms with Gasteiger partial charge in [0.1, 0.15) is 17.1 Å². The highest BCUT2D eigenvalue weighted by Crippen LogP contribution is 2.33. The number of halogens is 1. The Kier molecular flexibility index (Phi) is 10.9. The van der Waals surface area contributed by atoms with E-state index in [4.69, 9.17) is 13.9 Å². The van der Waals surface area contributed by atoms with Gasteiger partial charge in [-0.1, -0.05) is 6.08 Å². The predicted octanol–water partition coefficient (Wildman–Crippen LogP) is 3.91. The third kappa shape index (κ3) is 7.46. The third-order valence-corrected chi connectivity index (χ3v) is 4.62. The maximum Gasteiger partial charge on any atom is 0.191 e. The zero-order chi connectivity index (χ0) is 22.1. The molecule has 1 aromatic heterocycles. The second kappa shape index (κ2) is 12.6. The second-order valence-electron chi connectivity index (χ2n) is 7.22. The number of ether oxygens (including phenoxy) is 2. The quantitative estimate of drug-likeness (QED) is 0.182. The van der Waals surface area contributed by atoms with Crippen LogP contribution < -0.4 is 20.1 Å². The summed E-state index contributed by atoms with van der Waals surface area (Å²) in [4.78, 5) is 4.65. The molecular weight excluding hydrogens is 509 g/mol. The molecule has 0 radical (unpaired) electrons. The minimum Gasteiger partial charge on any atom is -0.493 e. The minimum atomic E-state index is -1.16. The molecule has 1 heterocycles. The van der Waals surface area contributed by atoms with Gasteiger partial charge in [-0.15, -0.1) is 30.6 Å². The monoisotopic (exact) mass is 543 g/mol. The molecule has 0 aliphatic carbocycles. The Morgan fingerprint density at radius 1 is 1.26 bits per heavy atom. The fourth-order valence-electron chi connectivity index (χ4n) is 3.08. The average Bonchev–Trinajstić information content (AvgIpc) is 3.17. The molecule has 2 rings (SSSR count). The number of guanidine groups is 1. The molecule has 8 heteroatoms. The van der Waals surface area contributed by atoms with Crippen LogP contribution in [0.2, 0.25) is 0 Å². The number of nitrogens with one attached hydrogen (secondary N) is 2. The first kappa shape index (κ1) is 26.8. The number of furan rings is 1. The molecule has 3 N–H and O–H groups in total. The van der Waals surface area contributed by atoms with Crippen molar-refractivity contribution in [2.45, 2.75) is 39.3 Å². The molecular formula is C23H34IN3O4. The Morgan fingerprint density at radius 3 is 2.55 bits per heavy atom. The van der Waals surface area contributed by atoms with Gasteiger partial charge in [0.2, 0.25) is 0 Å². The Hall–Kier alpha value is -2.20. The van der Waals surface area contributed by atoms with E-state index < -0.39 is 5.60 Å². The van der Waals surface area contributed by atoms with Crippen molar-refractivity contribution in [3.63, 3.8) is 0 Å². The smallest absolute Gasteiger partial charge is 0.191 e. The fraction of sp³-hybridized carbons (Fsp3) is 0.435. The van der Waals surface area contributed by atoms with Gasteiger partial charge in [0.15, 0.2) is 17.5 Å². The summed E-state index contributed by atoms with van der Waals surface area (Å²) in [5.74, 6) is 3.24. The molecule has 31 heavy (non-hydrogen) atoms. The molecule has 0 aliphatic heterocycles. The molecule has 0 saturated carbocycles. The van der Waals surface area contributed by atoms with Crippen molar-refractivity contribution in [1.82, 2.24) is 10.6 Å². The molecule has 0 aliphatic rings. The number of aliphatic hydroxyl groups is 1. The maximum atomic E-state index is 10.7. The zero-order valence-corrected chi connectivity index (χ0v) is 21.3. The topological polar surface area (TPSA) is 88.3 Å². The lowest BCUT2D eigenvalue weighted by Gasteiger charge is -2.23. The molecule has 1 unspecified atom stereocenters. The Morgan fingerprint density at radius 2 is 2.00 bits per heavy atom. The molecule has 0 spiro atoms. The molecule has 172 valence electrons. The van der Waals surface area contributed by atoms with E-state index in [0.717, 1.165) is 16.9 Å². The van der Waals surface area contributed by atoms with Crippen molar-refractivity contribution in [1.29, 1.82) is 0 Å². The van der Waals surface area contributed by atoms with Crippen LogP contribution in [0.4, 0.5) is 0 Å². The van der Waals surface area contributed by atoms with Crippen molar-refractivity contribution in [2.24, 2.45) is 4.99 Å². The lowest BCUT2D eigenvalue weighted by molar-refractivity contribution is 0.0378. The SMILES string of the molecule is C=CCc1cc(CN=C(NCC)NCC(C)(O)c2ccc(C)o2)cc(OC)c1OC.I. The van der Waals surface area contributed by atoms with Crippen LogP contribution in [0.5, 0.6) is 11.5 Å². The first-order chi connectivity index (χ1) is 14.3. The summed E-state index contributed by atoms with van der Waals surface area (Å²) in [6, 6.07) is 7.57. The lowest BCUT2D eigenvalue weighted by Crippen LogP contribution is -2.44. The van der Waals surface area contributed by atoms with Crippen LogP contribution in [0.1, 0.15) is 36.5 Å². The Labute approximate surface area is 201 Å². The van der Waals surface area contributed by atoms with Gasteiger partial charge in [-0.05, 0) is 57.0 Å². The fourth-order valence-corrected chi connectivity index (χ4v) is 3.08. The van der Waals surface area contributed by atoms with Crippen molar-refractivity contribution >= 4 is 29.9 Å². The number of aliphatic imine (C=N–C) groups is 1. The molecule has 1 aromatic carbocycles. The summed E-state index contributed by atoms with van der Waals surface area (Å²) in [5.41, 5.74) is 0.812.